The highest BCUT2D eigenvalue weighted by Crippen LogP contribution is 2.39. The van der Waals surface area contributed by atoms with Gasteiger partial charge in [-0.25, -0.2) is 0 Å². The molecular weight excluding hydrogens is 284 g/mol. The highest BCUT2D eigenvalue weighted by atomic mass is 16.5. The molecule has 0 fully saturated rings. The molecule has 0 radical (unpaired) electrons. The van der Waals surface area contributed by atoms with Crippen molar-refractivity contribution >= 4 is 5.91 Å². The van der Waals surface area contributed by atoms with Crippen LogP contribution in [-0.2, 0) is 6.54 Å². The summed E-state index contributed by atoms with van der Waals surface area (Å²) in [6.45, 7) is 0.379. The summed E-state index contributed by atoms with van der Waals surface area (Å²) < 4.78 is 15.8. The lowest BCUT2D eigenvalue weighted by molar-refractivity contribution is 0.0947. The van der Waals surface area contributed by atoms with Crippen molar-refractivity contribution in [3.05, 3.63) is 47.8 Å². The van der Waals surface area contributed by atoms with Crippen LogP contribution in [0.4, 0.5) is 0 Å². The van der Waals surface area contributed by atoms with Gasteiger partial charge in [0, 0.05) is 18.9 Å². The summed E-state index contributed by atoms with van der Waals surface area (Å²) in [6, 6.07) is 7.01. The average molecular weight is 302 g/mol. The molecule has 1 aromatic heterocycles. The number of rotatable bonds is 6. The fourth-order valence-corrected chi connectivity index (χ4v) is 2.06. The number of hydrogen-bond donors (Lipinski definition) is 1. The van der Waals surface area contributed by atoms with Crippen molar-refractivity contribution in [2.24, 2.45) is 0 Å². The molecule has 1 N–H and O–H groups in total. The maximum Gasteiger partial charge on any atom is 0.255 e. The first-order valence-electron chi connectivity index (χ1n) is 6.67. The fraction of sp³-hybridized carbons (Fsp3) is 0.250. The molecular formula is C16H18N2O4. The Labute approximate surface area is 129 Å². The summed E-state index contributed by atoms with van der Waals surface area (Å²) in [6.07, 6.45) is 3.38. The molecule has 0 saturated carbocycles. The highest BCUT2D eigenvalue weighted by molar-refractivity contribution is 5.98. The van der Waals surface area contributed by atoms with Crippen LogP contribution >= 0.6 is 0 Å². The van der Waals surface area contributed by atoms with E-state index < -0.39 is 0 Å². The maximum absolute atomic E-state index is 12.4. The molecule has 0 unspecified atom stereocenters. The van der Waals surface area contributed by atoms with Gasteiger partial charge in [-0.1, -0.05) is 6.07 Å². The molecule has 6 heteroatoms. The Morgan fingerprint density at radius 1 is 1.09 bits per heavy atom. The van der Waals surface area contributed by atoms with E-state index in [0.29, 0.717) is 29.4 Å². The molecule has 0 saturated heterocycles. The lowest BCUT2D eigenvalue weighted by atomic mass is 10.1. The van der Waals surface area contributed by atoms with Crippen LogP contribution in [0.2, 0.25) is 0 Å². The lowest BCUT2D eigenvalue weighted by Crippen LogP contribution is -2.23. The molecule has 116 valence electrons. The molecule has 22 heavy (non-hydrogen) atoms. The van der Waals surface area contributed by atoms with Gasteiger partial charge in [0.1, 0.15) is 0 Å². The van der Waals surface area contributed by atoms with Crippen LogP contribution in [0.15, 0.2) is 36.7 Å². The molecule has 0 spiro atoms. The van der Waals surface area contributed by atoms with Crippen molar-refractivity contribution in [2.45, 2.75) is 6.54 Å². The molecule has 6 nitrogen and oxygen atoms in total. The average Bonchev–Trinajstić information content (AvgIpc) is 2.58. The van der Waals surface area contributed by atoms with E-state index in [9.17, 15) is 4.79 Å². The van der Waals surface area contributed by atoms with E-state index in [2.05, 4.69) is 10.3 Å². The summed E-state index contributed by atoms with van der Waals surface area (Å²) in [5.41, 5.74) is 1.29. The minimum absolute atomic E-state index is 0.262. The number of benzene rings is 1. The van der Waals surface area contributed by atoms with Crippen LogP contribution in [0.3, 0.4) is 0 Å². The Morgan fingerprint density at radius 3 is 2.45 bits per heavy atom. The minimum atomic E-state index is -0.262. The zero-order valence-corrected chi connectivity index (χ0v) is 12.8. The van der Waals surface area contributed by atoms with Crippen molar-refractivity contribution in [3.8, 4) is 17.2 Å². The summed E-state index contributed by atoms with van der Waals surface area (Å²) in [7, 11) is 4.51. The molecule has 0 bridgehead atoms. The second-order valence-corrected chi connectivity index (χ2v) is 4.43. The number of carbonyl (C=O) groups excluding carboxylic acids is 1. The highest BCUT2D eigenvalue weighted by Gasteiger charge is 2.20. The Morgan fingerprint density at radius 2 is 1.86 bits per heavy atom. The molecule has 2 aromatic rings. The third-order valence-electron chi connectivity index (χ3n) is 3.12. The van der Waals surface area contributed by atoms with E-state index >= 15 is 0 Å². The van der Waals surface area contributed by atoms with Gasteiger partial charge in [0.2, 0.25) is 5.75 Å². The first kappa shape index (κ1) is 15.6. The van der Waals surface area contributed by atoms with Crippen LogP contribution in [0.5, 0.6) is 17.2 Å². The molecule has 0 aliphatic heterocycles. The predicted molar refractivity (Wildman–Crippen MR) is 81.5 cm³/mol. The van der Waals surface area contributed by atoms with Gasteiger partial charge in [0.25, 0.3) is 5.91 Å². The summed E-state index contributed by atoms with van der Waals surface area (Å²) >= 11 is 0. The molecule has 1 amide bonds. The van der Waals surface area contributed by atoms with Crippen molar-refractivity contribution in [1.29, 1.82) is 0 Å². The largest absolute Gasteiger partial charge is 0.493 e. The van der Waals surface area contributed by atoms with Crippen molar-refractivity contribution in [3.63, 3.8) is 0 Å². The van der Waals surface area contributed by atoms with E-state index in [1.165, 1.54) is 21.3 Å². The number of amides is 1. The number of nitrogens with one attached hydrogen (secondary N) is 1. The lowest BCUT2D eigenvalue weighted by Gasteiger charge is -2.15. The summed E-state index contributed by atoms with van der Waals surface area (Å²) in [5.74, 6) is 0.967. The van der Waals surface area contributed by atoms with Crippen LogP contribution in [0.25, 0.3) is 0 Å². The zero-order valence-electron chi connectivity index (χ0n) is 12.8. The van der Waals surface area contributed by atoms with Gasteiger partial charge in [-0.3, -0.25) is 9.78 Å². The quantitative estimate of drug-likeness (QED) is 0.884. The number of methoxy groups -OCH3 is 3. The molecule has 2 rings (SSSR count). The number of aromatic nitrogens is 1. The van der Waals surface area contributed by atoms with Crippen LogP contribution in [0, 0.1) is 0 Å². The molecule has 0 aliphatic rings. The number of carbonyl (C=O) groups is 1. The Bertz CT molecular complexity index is 644. The topological polar surface area (TPSA) is 69.7 Å². The third kappa shape index (κ3) is 3.28. The minimum Gasteiger partial charge on any atom is -0.493 e. The summed E-state index contributed by atoms with van der Waals surface area (Å²) in [4.78, 5) is 16.4. The second kappa shape index (κ2) is 7.31. The molecule has 0 atom stereocenters. The van der Waals surface area contributed by atoms with Gasteiger partial charge in [-0.15, -0.1) is 0 Å². The van der Waals surface area contributed by atoms with Crippen molar-refractivity contribution < 1.29 is 19.0 Å². The van der Waals surface area contributed by atoms with Gasteiger partial charge in [-0.2, -0.15) is 0 Å². The van der Waals surface area contributed by atoms with Gasteiger partial charge in [0.15, 0.2) is 11.5 Å². The SMILES string of the molecule is COc1ccc(C(=O)NCc2cccnc2)c(OC)c1OC. The first-order chi connectivity index (χ1) is 10.7. The number of pyridine rings is 1. The zero-order chi connectivity index (χ0) is 15.9. The van der Waals surface area contributed by atoms with Gasteiger partial charge in [0.05, 0.1) is 26.9 Å². The van der Waals surface area contributed by atoms with E-state index in [-0.39, 0.29) is 5.91 Å². The standard InChI is InChI=1S/C16H18N2O4/c1-20-13-7-6-12(14(21-2)15(13)22-3)16(19)18-10-11-5-4-8-17-9-11/h4-9H,10H2,1-3H3,(H,18,19). The number of ether oxygens (including phenoxy) is 3. The third-order valence-corrected chi connectivity index (χ3v) is 3.12. The normalized spacial score (nSPS) is 9.95. The molecule has 1 heterocycles. The van der Waals surface area contributed by atoms with Gasteiger partial charge in [-0.05, 0) is 23.8 Å². The van der Waals surface area contributed by atoms with E-state index in [1.54, 1.807) is 24.5 Å². The number of hydrogen-bond acceptors (Lipinski definition) is 5. The van der Waals surface area contributed by atoms with Crippen molar-refractivity contribution in [1.82, 2.24) is 10.3 Å². The Hall–Kier alpha value is -2.76. The molecule has 1 aromatic carbocycles. The number of nitrogens with zero attached hydrogens (tertiary/aromatic N) is 1. The first-order valence-corrected chi connectivity index (χ1v) is 6.67. The van der Waals surface area contributed by atoms with E-state index in [1.807, 2.05) is 12.1 Å². The smallest absolute Gasteiger partial charge is 0.255 e. The Balaban J connectivity index is 2.22. The molecule has 0 aliphatic carbocycles. The van der Waals surface area contributed by atoms with Crippen LogP contribution < -0.4 is 19.5 Å². The summed E-state index contributed by atoms with van der Waals surface area (Å²) in [5, 5.41) is 2.82. The van der Waals surface area contributed by atoms with Crippen LogP contribution in [-0.4, -0.2) is 32.2 Å². The Kier molecular flexibility index (Phi) is 5.19. The van der Waals surface area contributed by atoms with E-state index in [0.717, 1.165) is 5.56 Å². The van der Waals surface area contributed by atoms with Gasteiger partial charge >= 0.3 is 0 Å². The van der Waals surface area contributed by atoms with Crippen LogP contribution in [0.1, 0.15) is 15.9 Å². The van der Waals surface area contributed by atoms with Gasteiger partial charge < -0.3 is 19.5 Å². The maximum atomic E-state index is 12.4. The fourth-order valence-electron chi connectivity index (χ4n) is 2.06. The monoisotopic (exact) mass is 302 g/mol. The van der Waals surface area contributed by atoms with E-state index in [4.69, 9.17) is 14.2 Å². The predicted octanol–water partition coefficient (Wildman–Crippen LogP) is 2.04. The van der Waals surface area contributed by atoms with Crippen molar-refractivity contribution in [2.75, 3.05) is 21.3 Å². The second-order valence-electron chi connectivity index (χ2n) is 4.43.